The zero-order chi connectivity index (χ0) is 11.8. The molecule has 1 amide bonds. The van der Waals surface area contributed by atoms with Crippen molar-refractivity contribution in [1.82, 2.24) is 10.6 Å². The maximum absolute atomic E-state index is 11.6. The van der Waals surface area contributed by atoms with Crippen molar-refractivity contribution in [3.63, 3.8) is 0 Å². The molecule has 1 heterocycles. The number of aliphatic carboxylic acids is 1. The SMILES string of the molecule is O=C(O)COCCNC(=O)C1CCNCC1. The molecule has 92 valence electrons. The van der Waals surface area contributed by atoms with Gasteiger partial charge in [0.05, 0.1) is 6.61 Å². The largest absolute Gasteiger partial charge is 0.480 e. The Kier molecular flexibility index (Phi) is 5.81. The molecular formula is C10H18N2O4. The molecule has 1 saturated heterocycles. The number of hydrogen-bond donors (Lipinski definition) is 3. The van der Waals surface area contributed by atoms with Crippen LogP contribution in [0.5, 0.6) is 0 Å². The maximum atomic E-state index is 11.6. The molecule has 0 aromatic carbocycles. The second kappa shape index (κ2) is 7.19. The summed E-state index contributed by atoms with van der Waals surface area (Å²) in [6.45, 7) is 2.06. The molecule has 0 spiro atoms. The normalized spacial score (nSPS) is 17.0. The molecule has 0 saturated carbocycles. The van der Waals surface area contributed by atoms with Crippen LogP contribution in [0, 0.1) is 5.92 Å². The summed E-state index contributed by atoms with van der Waals surface area (Å²) in [5, 5.41) is 14.2. The van der Waals surface area contributed by atoms with Crippen LogP contribution in [-0.2, 0) is 14.3 Å². The van der Waals surface area contributed by atoms with Gasteiger partial charge in [-0.25, -0.2) is 4.79 Å². The van der Waals surface area contributed by atoms with E-state index in [0.717, 1.165) is 25.9 Å². The van der Waals surface area contributed by atoms with Crippen molar-refractivity contribution in [2.45, 2.75) is 12.8 Å². The van der Waals surface area contributed by atoms with Crippen LogP contribution in [0.1, 0.15) is 12.8 Å². The van der Waals surface area contributed by atoms with E-state index in [2.05, 4.69) is 10.6 Å². The Morgan fingerprint density at radius 2 is 2.06 bits per heavy atom. The Bertz CT molecular complexity index is 239. The van der Waals surface area contributed by atoms with Gasteiger partial charge in [0, 0.05) is 12.5 Å². The van der Waals surface area contributed by atoms with Crippen LogP contribution in [0.15, 0.2) is 0 Å². The van der Waals surface area contributed by atoms with Crippen LogP contribution in [0.2, 0.25) is 0 Å². The first kappa shape index (κ1) is 12.9. The van der Waals surface area contributed by atoms with E-state index in [1.807, 2.05) is 0 Å². The summed E-state index contributed by atoms with van der Waals surface area (Å²) in [6, 6.07) is 0. The van der Waals surface area contributed by atoms with E-state index in [-0.39, 0.29) is 25.0 Å². The van der Waals surface area contributed by atoms with Crippen LogP contribution < -0.4 is 10.6 Å². The molecule has 1 rings (SSSR count). The molecule has 0 radical (unpaired) electrons. The molecule has 0 aliphatic carbocycles. The van der Waals surface area contributed by atoms with Crippen molar-refractivity contribution in [1.29, 1.82) is 0 Å². The fourth-order valence-electron chi connectivity index (χ4n) is 1.63. The second-order valence-electron chi connectivity index (χ2n) is 3.76. The van der Waals surface area contributed by atoms with Crippen LogP contribution in [-0.4, -0.2) is 49.8 Å². The monoisotopic (exact) mass is 230 g/mol. The minimum absolute atomic E-state index is 0.0421. The van der Waals surface area contributed by atoms with Gasteiger partial charge in [0.15, 0.2) is 0 Å². The third kappa shape index (κ3) is 5.09. The highest BCUT2D eigenvalue weighted by Crippen LogP contribution is 2.10. The number of nitrogens with one attached hydrogen (secondary N) is 2. The first-order valence-electron chi connectivity index (χ1n) is 5.48. The number of carboxylic acids is 1. The Labute approximate surface area is 94.3 Å². The average Bonchev–Trinajstić information content (AvgIpc) is 2.29. The number of carboxylic acid groups (broad SMARTS) is 1. The molecule has 6 nitrogen and oxygen atoms in total. The average molecular weight is 230 g/mol. The fourth-order valence-corrected chi connectivity index (χ4v) is 1.63. The van der Waals surface area contributed by atoms with E-state index < -0.39 is 5.97 Å². The zero-order valence-electron chi connectivity index (χ0n) is 9.20. The quantitative estimate of drug-likeness (QED) is 0.520. The third-order valence-corrected chi connectivity index (χ3v) is 2.48. The van der Waals surface area contributed by atoms with Gasteiger partial charge in [-0.1, -0.05) is 0 Å². The summed E-state index contributed by atoms with van der Waals surface area (Å²) >= 11 is 0. The Morgan fingerprint density at radius 1 is 1.38 bits per heavy atom. The highest BCUT2D eigenvalue weighted by molar-refractivity contribution is 5.78. The van der Waals surface area contributed by atoms with Gasteiger partial charge in [0.25, 0.3) is 0 Å². The van der Waals surface area contributed by atoms with E-state index in [4.69, 9.17) is 9.84 Å². The number of piperidine rings is 1. The first-order valence-corrected chi connectivity index (χ1v) is 5.48. The van der Waals surface area contributed by atoms with E-state index in [1.165, 1.54) is 0 Å². The lowest BCUT2D eigenvalue weighted by Gasteiger charge is -2.21. The number of rotatable bonds is 6. The van der Waals surface area contributed by atoms with E-state index in [9.17, 15) is 9.59 Å². The molecule has 0 aromatic heterocycles. The van der Waals surface area contributed by atoms with Crippen molar-refractivity contribution in [3.8, 4) is 0 Å². The molecule has 16 heavy (non-hydrogen) atoms. The molecule has 0 aromatic rings. The van der Waals surface area contributed by atoms with Crippen molar-refractivity contribution in [3.05, 3.63) is 0 Å². The van der Waals surface area contributed by atoms with Crippen molar-refractivity contribution < 1.29 is 19.4 Å². The van der Waals surface area contributed by atoms with Crippen molar-refractivity contribution >= 4 is 11.9 Å². The van der Waals surface area contributed by atoms with Gasteiger partial charge in [-0.15, -0.1) is 0 Å². The van der Waals surface area contributed by atoms with Crippen molar-refractivity contribution in [2.24, 2.45) is 5.92 Å². The molecule has 6 heteroatoms. The van der Waals surface area contributed by atoms with Gasteiger partial charge in [-0.2, -0.15) is 0 Å². The number of hydrogen-bond acceptors (Lipinski definition) is 4. The summed E-state index contributed by atoms with van der Waals surface area (Å²) < 4.78 is 4.81. The van der Waals surface area contributed by atoms with Crippen LogP contribution in [0.3, 0.4) is 0 Å². The van der Waals surface area contributed by atoms with Gasteiger partial charge >= 0.3 is 5.97 Å². The Balaban J connectivity index is 2.03. The number of carbonyl (C=O) groups excluding carboxylic acids is 1. The predicted molar refractivity (Wildman–Crippen MR) is 57.1 cm³/mol. The number of ether oxygens (including phenoxy) is 1. The molecular weight excluding hydrogens is 212 g/mol. The molecule has 0 atom stereocenters. The lowest BCUT2D eigenvalue weighted by molar-refractivity contribution is -0.142. The number of carbonyl (C=O) groups is 2. The van der Waals surface area contributed by atoms with Gasteiger partial charge in [0.1, 0.15) is 6.61 Å². The summed E-state index contributed by atoms with van der Waals surface area (Å²) in [7, 11) is 0. The lowest BCUT2D eigenvalue weighted by atomic mass is 9.97. The van der Waals surface area contributed by atoms with Crippen LogP contribution in [0.4, 0.5) is 0 Å². The van der Waals surface area contributed by atoms with Crippen LogP contribution in [0.25, 0.3) is 0 Å². The molecule has 0 bridgehead atoms. The lowest BCUT2D eigenvalue weighted by Crippen LogP contribution is -2.39. The molecule has 1 aliphatic heterocycles. The summed E-state index contributed by atoms with van der Waals surface area (Å²) in [4.78, 5) is 21.7. The minimum Gasteiger partial charge on any atom is -0.480 e. The Morgan fingerprint density at radius 3 is 2.69 bits per heavy atom. The molecule has 3 N–H and O–H groups in total. The smallest absolute Gasteiger partial charge is 0.329 e. The van der Waals surface area contributed by atoms with Gasteiger partial charge in [-0.3, -0.25) is 4.79 Å². The van der Waals surface area contributed by atoms with Crippen molar-refractivity contribution in [2.75, 3.05) is 32.8 Å². The molecule has 1 fully saturated rings. The summed E-state index contributed by atoms with van der Waals surface area (Å²) in [5.74, 6) is -0.870. The van der Waals surface area contributed by atoms with E-state index in [0.29, 0.717) is 6.54 Å². The highest BCUT2D eigenvalue weighted by Gasteiger charge is 2.19. The standard InChI is InChI=1S/C10H18N2O4/c13-9(14)7-16-6-5-12-10(15)8-1-3-11-4-2-8/h8,11H,1-7H2,(H,12,15)(H,13,14). The van der Waals surface area contributed by atoms with Gasteiger partial charge in [-0.05, 0) is 25.9 Å². The minimum atomic E-state index is -0.996. The number of amides is 1. The molecule has 1 aliphatic rings. The first-order chi connectivity index (χ1) is 7.70. The summed E-state index contributed by atoms with van der Waals surface area (Å²) in [6.07, 6.45) is 1.73. The fraction of sp³-hybridized carbons (Fsp3) is 0.800. The zero-order valence-corrected chi connectivity index (χ0v) is 9.20. The maximum Gasteiger partial charge on any atom is 0.329 e. The van der Waals surface area contributed by atoms with E-state index >= 15 is 0 Å². The van der Waals surface area contributed by atoms with Gasteiger partial charge < -0.3 is 20.5 Å². The summed E-state index contributed by atoms with van der Waals surface area (Å²) in [5.41, 5.74) is 0. The Hall–Kier alpha value is -1.14. The third-order valence-electron chi connectivity index (χ3n) is 2.48. The topological polar surface area (TPSA) is 87.7 Å². The predicted octanol–water partition coefficient (Wildman–Crippen LogP) is -0.797. The molecule has 0 unspecified atom stereocenters. The van der Waals surface area contributed by atoms with E-state index in [1.54, 1.807) is 0 Å². The highest BCUT2D eigenvalue weighted by atomic mass is 16.5. The van der Waals surface area contributed by atoms with Gasteiger partial charge in [0.2, 0.25) is 5.91 Å². The van der Waals surface area contributed by atoms with Crippen LogP contribution >= 0.6 is 0 Å². The second-order valence-corrected chi connectivity index (χ2v) is 3.76.